The Bertz CT molecular complexity index is 427. The third kappa shape index (κ3) is 6.88. The first-order chi connectivity index (χ1) is 9.63. The third-order valence-electron chi connectivity index (χ3n) is 2.55. The van der Waals surface area contributed by atoms with Crippen LogP contribution in [-0.4, -0.2) is 32.3 Å². The Morgan fingerprint density at radius 2 is 2.25 bits per heavy atom. The molecule has 0 saturated heterocycles. The van der Waals surface area contributed by atoms with E-state index in [9.17, 15) is 4.79 Å². The first-order valence-corrected chi connectivity index (χ1v) is 7.40. The van der Waals surface area contributed by atoms with E-state index in [0.29, 0.717) is 12.3 Å². The molecule has 20 heavy (non-hydrogen) atoms. The van der Waals surface area contributed by atoms with Crippen LogP contribution in [0.4, 0.5) is 0 Å². The van der Waals surface area contributed by atoms with Crippen molar-refractivity contribution in [3.8, 4) is 5.75 Å². The molecule has 1 aromatic rings. The molecule has 1 rings (SSSR count). The average Bonchev–Trinajstić information content (AvgIpc) is 2.41. The number of benzene rings is 1. The minimum Gasteiger partial charge on any atom is -0.483 e. The number of carbonyl (C=O) groups excluding carboxylic acids is 1. The van der Waals surface area contributed by atoms with Gasteiger partial charge >= 0.3 is 0 Å². The molecule has 0 bridgehead atoms. The fourth-order valence-corrected chi connectivity index (χ4v) is 2.05. The number of rotatable bonds is 10. The van der Waals surface area contributed by atoms with E-state index in [0.717, 1.165) is 36.2 Å². The number of carbonyl (C=O) groups is 1. The Hall–Kier alpha value is -1.11. The summed E-state index contributed by atoms with van der Waals surface area (Å²) in [5, 5.41) is 3.32. The molecule has 0 aromatic heterocycles. The zero-order valence-corrected chi connectivity index (χ0v) is 13.2. The van der Waals surface area contributed by atoms with Gasteiger partial charge in [-0.15, -0.1) is 0 Å². The maximum atomic E-state index is 10.8. The first kappa shape index (κ1) is 16.9. The Morgan fingerprint density at radius 1 is 1.45 bits per heavy atom. The highest BCUT2D eigenvalue weighted by Gasteiger charge is 2.06. The Morgan fingerprint density at radius 3 is 2.95 bits per heavy atom. The average molecular weight is 345 g/mol. The van der Waals surface area contributed by atoms with Crippen molar-refractivity contribution in [3.05, 3.63) is 28.2 Å². The lowest BCUT2D eigenvalue weighted by atomic mass is 10.2. The lowest BCUT2D eigenvalue weighted by Crippen LogP contribution is -2.21. The molecule has 0 spiro atoms. The maximum absolute atomic E-state index is 10.8. The second kappa shape index (κ2) is 9.74. The highest BCUT2D eigenvalue weighted by Crippen LogP contribution is 2.23. The molecule has 6 heteroatoms. The van der Waals surface area contributed by atoms with Crippen molar-refractivity contribution in [3.63, 3.8) is 0 Å². The van der Waals surface area contributed by atoms with Crippen LogP contribution in [0.3, 0.4) is 0 Å². The summed E-state index contributed by atoms with van der Waals surface area (Å²) >= 11 is 3.42. The topological polar surface area (TPSA) is 73.6 Å². The van der Waals surface area contributed by atoms with Crippen molar-refractivity contribution < 1.29 is 14.3 Å². The molecule has 1 aromatic carbocycles. The van der Waals surface area contributed by atoms with Gasteiger partial charge in [-0.2, -0.15) is 0 Å². The van der Waals surface area contributed by atoms with Gasteiger partial charge in [-0.3, -0.25) is 4.79 Å². The van der Waals surface area contributed by atoms with E-state index < -0.39 is 5.91 Å². The number of halogens is 1. The van der Waals surface area contributed by atoms with Gasteiger partial charge in [-0.1, -0.05) is 15.9 Å². The lowest BCUT2D eigenvalue weighted by molar-refractivity contribution is -0.119. The first-order valence-electron chi connectivity index (χ1n) is 6.61. The maximum Gasteiger partial charge on any atom is 0.255 e. The van der Waals surface area contributed by atoms with E-state index in [-0.39, 0.29) is 6.61 Å². The van der Waals surface area contributed by atoms with E-state index in [1.807, 2.05) is 25.1 Å². The van der Waals surface area contributed by atoms with Gasteiger partial charge in [-0.25, -0.2) is 0 Å². The normalized spacial score (nSPS) is 10.5. The third-order valence-corrected chi connectivity index (χ3v) is 3.05. The van der Waals surface area contributed by atoms with Gasteiger partial charge in [0.15, 0.2) is 6.61 Å². The number of hydrogen-bond donors (Lipinski definition) is 2. The number of amides is 1. The van der Waals surface area contributed by atoms with Crippen LogP contribution in [0.5, 0.6) is 5.75 Å². The summed E-state index contributed by atoms with van der Waals surface area (Å²) in [6.07, 6.45) is 0.958. The van der Waals surface area contributed by atoms with Gasteiger partial charge in [0.1, 0.15) is 5.75 Å². The van der Waals surface area contributed by atoms with Crippen molar-refractivity contribution >= 4 is 21.8 Å². The molecule has 112 valence electrons. The summed E-state index contributed by atoms with van der Waals surface area (Å²) in [6.45, 7) is 4.90. The minimum absolute atomic E-state index is 0.112. The van der Waals surface area contributed by atoms with Crippen LogP contribution in [0.25, 0.3) is 0 Å². The van der Waals surface area contributed by atoms with E-state index in [1.54, 1.807) is 0 Å². The molecule has 0 unspecified atom stereocenters. The van der Waals surface area contributed by atoms with Crippen molar-refractivity contribution in [2.75, 3.05) is 26.4 Å². The highest BCUT2D eigenvalue weighted by atomic mass is 79.9. The zero-order chi connectivity index (χ0) is 14.8. The Balaban J connectivity index is 2.45. The van der Waals surface area contributed by atoms with Crippen molar-refractivity contribution in [1.29, 1.82) is 0 Å². The van der Waals surface area contributed by atoms with Crippen molar-refractivity contribution in [2.45, 2.75) is 19.9 Å². The molecule has 0 aliphatic carbocycles. The molecule has 0 atom stereocenters. The second-order valence-corrected chi connectivity index (χ2v) is 5.15. The van der Waals surface area contributed by atoms with Crippen LogP contribution >= 0.6 is 15.9 Å². The molecule has 3 N–H and O–H groups in total. The van der Waals surface area contributed by atoms with Gasteiger partial charge in [0.05, 0.1) is 0 Å². The van der Waals surface area contributed by atoms with E-state index in [2.05, 4.69) is 21.2 Å². The van der Waals surface area contributed by atoms with Gasteiger partial charge in [0, 0.05) is 29.8 Å². The Labute approximate surface area is 127 Å². The van der Waals surface area contributed by atoms with Crippen LogP contribution < -0.4 is 15.8 Å². The summed E-state index contributed by atoms with van der Waals surface area (Å²) in [6, 6.07) is 5.66. The summed E-state index contributed by atoms with van der Waals surface area (Å²) in [5.41, 5.74) is 6.07. The predicted octanol–water partition coefficient (Wildman–Crippen LogP) is 1.83. The predicted molar refractivity (Wildman–Crippen MR) is 81.6 cm³/mol. The van der Waals surface area contributed by atoms with Crippen LogP contribution in [0.15, 0.2) is 22.7 Å². The molecule has 0 aliphatic rings. The highest BCUT2D eigenvalue weighted by molar-refractivity contribution is 9.10. The molecular weight excluding hydrogens is 324 g/mol. The second-order valence-electron chi connectivity index (χ2n) is 4.23. The van der Waals surface area contributed by atoms with Gasteiger partial charge in [0.25, 0.3) is 5.91 Å². The molecule has 0 saturated carbocycles. The number of nitrogens with two attached hydrogens (primary N) is 1. The molecule has 0 fully saturated rings. The summed E-state index contributed by atoms with van der Waals surface area (Å²) in [7, 11) is 0. The molecular formula is C14H21BrN2O3. The van der Waals surface area contributed by atoms with Gasteiger partial charge < -0.3 is 20.5 Å². The number of ether oxygens (including phenoxy) is 2. The monoisotopic (exact) mass is 344 g/mol. The summed E-state index contributed by atoms with van der Waals surface area (Å²) < 4.78 is 11.6. The zero-order valence-electron chi connectivity index (χ0n) is 11.7. The molecule has 1 amide bonds. The van der Waals surface area contributed by atoms with E-state index in [1.165, 1.54) is 0 Å². The van der Waals surface area contributed by atoms with E-state index in [4.69, 9.17) is 15.2 Å². The fraction of sp³-hybridized carbons (Fsp3) is 0.500. The van der Waals surface area contributed by atoms with E-state index >= 15 is 0 Å². The lowest BCUT2D eigenvalue weighted by Gasteiger charge is -2.12. The van der Waals surface area contributed by atoms with Crippen LogP contribution in [0, 0.1) is 0 Å². The molecule has 5 nitrogen and oxygen atoms in total. The molecule has 0 aliphatic heterocycles. The Kier molecular flexibility index (Phi) is 8.25. The van der Waals surface area contributed by atoms with Crippen LogP contribution in [0.2, 0.25) is 0 Å². The standard InChI is InChI=1S/C14H21BrN2O3/c1-2-19-7-3-6-17-9-11-8-12(15)4-5-13(11)20-10-14(16)18/h4-5,8,17H,2-3,6-7,9-10H2,1H3,(H2,16,18). The van der Waals surface area contributed by atoms with Crippen molar-refractivity contribution in [2.24, 2.45) is 5.73 Å². The van der Waals surface area contributed by atoms with Crippen LogP contribution in [-0.2, 0) is 16.1 Å². The molecule has 0 radical (unpaired) electrons. The van der Waals surface area contributed by atoms with Crippen LogP contribution in [0.1, 0.15) is 18.9 Å². The quantitative estimate of drug-likeness (QED) is 0.635. The van der Waals surface area contributed by atoms with Gasteiger partial charge in [-0.05, 0) is 38.1 Å². The SMILES string of the molecule is CCOCCCNCc1cc(Br)ccc1OCC(N)=O. The molecule has 0 heterocycles. The number of primary amides is 1. The summed E-state index contributed by atoms with van der Waals surface area (Å²) in [5.74, 6) is 0.188. The van der Waals surface area contributed by atoms with Gasteiger partial charge in [0.2, 0.25) is 0 Å². The fourth-order valence-electron chi connectivity index (χ4n) is 1.64. The minimum atomic E-state index is -0.483. The largest absolute Gasteiger partial charge is 0.483 e. The summed E-state index contributed by atoms with van der Waals surface area (Å²) in [4.78, 5) is 10.8. The smallest absolute Gasteiger partial charge is 0.255 e. The number of hydrogen-bond acceptors (Lipinski definition) is 4. The van der Waals surface area contributed by atoms with Crippen molar-refractivity contribution in [1.82, 2.24) is 5.32 Å². The number of nitrogens with one attached hydrogen (secondary N) is 1.